The van der Waals surface area contributed by atoms with Gasteiger partial charge in [-0.05, 0) is 60.2 Å². The number of anilines is 1. The van der Waals surface area contributed by atoms with E-state index < -0.39 is 28.0 Å². The molecule has 1 saturated heterocycles. The highest BCUT2D eigenvalue weighted by Gasteiger charge is 2.37. The second kappa shape index (κ2) is 10.3. The third kappa shape index (κ3) is 5.27. The first kappa shape index (κ1) is 25.7. The molecule has 1 N–H and O–H groups in total. The third-order valence-electron chi connectivity index (χ3n) is 5.22. The molecule has 3 aromatic carbocycles. The summed E-state index contributed by atoms with van der Waals surface area (Å²) in [5, 5.41) is 1.97. The van der Waals surface area contributed by atoms with Crippen LogP contribution in [-0.4, -0.2) is 40.5 Å². The number of rotatable bonds is 7. The van der Waals surface area contributed by atoms with E-state index in [1.54, 1.807) is 18.2 Å². The van der Waals surface area contributed by atoms with E-state index in [1.165, 1.54) is 68.8 Å². The number of methoxy groups -OCH3 is 2. The number of imide groups is 2. The Hall–Kier alpha value is -4.35. The van der Waals surface area contributed by atoms with E-state index >= 15 is 0 Å². The van der Waals surface area contributed by atoms with Crippen molar-refractivity contribution in [1.82, 2.24) is 5.32 Å². The molecule has 12 heteroatoms. The standard InChI is InChI=1S/C25H19ClN2O8S/c1-34-17-10-8-16(9-11-17)28-24(30)19(23(29)27-25(28)31)12-15-13-20(26)22(21(14-15)35-2)36-37(32,33)18-6-4-3-5-7-18/h3-14H,1-2H3,(H,27,29,31)/b19-12+. The molecule has 4 rings (SSSR count). The zero-order chi connectivity index (χ0) is 26.7. The van der Waals surface area contributed by atoms with Gasteiger partial charge in [0.25, 0.3) is 11.8 Å². The van der Waals surface area contributed by atoms with Crippen molar-refractivity contribution < 1.29 is 36.5 Å². The molecule has 0 aliphatic carbocycles. The van der Waals surface area contributed by atoms with Gasteiger partial charge in [0.2, 0.25) is 5.75 Å². The normalized spacial score (nSPS) is 14.9. The molecule has 3 aromatic rings. The monoisotopic (exact) mass is 542 g/mol. The predicted molar refractivity (Wildman–Crippen MR) is 134 cm³/mol. The van der Waals surface area contributed by atoms with Crippen LogP contribution in [0.5, 0.6) is 17.2 Å². The number of barbiturate groups is 1. The Labute approximate surface area is 217 Å². The number of urea groups is 1. The Balaban J connectivity index is 1.69. The van der Waals surface area contributed by atoms with Gasteiger partial charge in [-0.2, -0.15) is 8.42 Å². The second-order valence-corrected chi connectivity index (χ2v) is 9.49. The Morgan fingerprint density at radius 2 is 1.59 bits per heavy atom. The summed E-state index contributed by atoms with van der Waals surface area (Å²) in [5.74, 6) is -1.61. The highest BCUT2D eigenvalue weighted by atomic mass is 35.5. The van der Waals surface area contributed by atoms with E-state index in [9.17, 15) is 22.8 Å². The number of benzene rings is 3. The average molecular weight is 543 g/mol. The molecule has 0 saturated carbocycles. The maximum absolute atomic E-state index is 13.1. The zero-order valence-electron chi connectivity index (χ0n) is 19.4. The van der Waals surface area contributed by atoms with Crippen LogP contribution in [0.25, 0.3) is 6.08 Å². The Kier molecular flexibility index (Phi) is 7.18. The van der Waals surface area contributed by atoms with Crippen LogP contribution in [0.3, 0.4) is 0 Å². The van der Waals surface area contributed by atoms with Crippen LogP contribution in [0, 0.1) is 0 Å². The molecule has 0 aromatic heterocycles. The van der Waals surface area contributed by atoms with Gasteiger partial charge >= 0.3 is 16.1 Å². The number of ether oxygens (including phenoxy) is 2. The summed E-state index contributed by atoms with van der Waals surface area (Å²) in [7, 11) is -1.48. The van der Waals surface area contributed by atoms with Crippen LogP contribution in [0.4, 0.5) is 10.5 Å². The van der Waals surface area contributed by atoms with Crippen molar-refractivity contribution in [3.8, 4) is 17.2 Å². The predicted octanol–water partition coefficient (Wildman–Crippen LogP) is 3.79. The number of nitrogens with zero attached hydrogens (tertiary/aromatic N) is 1. The quantitative estimate of drug-likeness (QED) is 0.271. The minimum absolute atomic E-state index is 0.0643. The van der Waals surface area contributed by atoms with E-state index in [4.69, 9.17) is 25.3 Å². The minimum Gasteiger partial charge on any atom is -0.497 e. The molecule has 0 atom stereocenters. The summed E-state index contributed by atoms with van der Waals surface area (Å²) in [5.41, 5.74) is 0.0696. The maximum Gasteiger partial charge on any atom is 0.339 e. The summed E-state index contributed by atoms with van der Waals surface area (Å²) in [6.45, 7) is 0. The molecule has 0 spiro atoms. The third-order valence-corrected chi connectivity index (χ3v) is 6.74. The number of amides is 4. The van der Waals surface area contributed by atoms with Crippen LogP contribution in [-0.2, 0) is 19.7 Å². The Bertz CT molecular complexity index is 1520. The Morgan fingerprint density at radius 1 is 0.919 bits per heavy atom. The molecule has 10 nitrogen and oxygen atoms in total. The molecule has 1 fully saturated rings. The van der Waals surface area contributed by atoms with Gasteiger partial charge in [0, 0.05) is 0 Å². The molecule has 0 radical (unpaired) electrons. The molecule has 190 valence electrons. The lowest BCUT2D eigenvalue weighted by Gasteiger charge is -2.26. The minimum atomic E-state index is -4.23. The van der Waals surface area contributed by atoms with Gasteiger partial charge in [-0.1, -0.05) is 29.8 Å². The lowest BCUT2D eigenvalue weighted by molar-refractivity contribution is -0.122. The van der Waals surface area contributed by atoms with Gasteiger partial charge in [0.1, 0.15) is 16.2 Å². The van der Waals surface area contributed by atoms with Crippen molar-refractivity contribution >= 4 is 51.3 Å². The van der Waals surface area contributed by atoms with Crippen molar-refractivity contribution in [3.05, 3.63) is 82.9 Å². The number of hydrogen-bond acceptors (Lipinski definition) is 8. The summed E-state index contributed by atoms with van der Waals surface area (Å²) >= 11 is 6.31. The molecule has 0 unspecified atom stereocenters. The van der Waals surface area contributed by atoms with Crippen LogP contribution in [0.2, 0.25) is 5.02 Å². The van der Waals surface area contributed by atoms with Gasteiger partial charge in [-0.25, -0.2) is 9.69 Å². The molecule has 1 aliphatic heterocycles. The molecule has 1 heterocycles. The Morgan fingerprint density at radius 3 is 2.22 bits per heavy atom. The van der Waals surface area contributed by atoms with E-state index in [1.807, 2.05) is 0 Å². The topological polar surface area (TPSA) is 128 Å². The van der Waals surface area contributed by atoms with Gasteiger partial charge < -0.3 is 13.7 Å². The van der Waals surface area contributed by atoms with Crippen molar-refractivity contribution in [2.75, 3.05) is 19.1 Å². The lowest BCUT2D eigenvalue weighted by atomic mass is 10.1. The van der Waals surface area contributed by atoms with E-state index in [0.717, 1.165) is 4.90 Å². The molecule has 1 aliphatic rings. The van der Waals surface area contributed by atoms with Gasteiger partial charge in [-0.3, -0.25) is 14.9 Å². The van der Waals surface area contributed by atoms with Crippen molar-refractivity contribution in [3.63, 3.8) is 0 Å². The number of carbonyl (C=O) groups is 3. The van der Waals surface area contributed by atoms with Crippen LogP contribution >= 0.6 is 11.6 Å². The van der Waals surface area contributed by atoms with Crippen LogP contribution in [0.1, 0.15) is 5.56 Å². The highest BCUT2D eigenvalue weighted by Crippen LogP contribution is 2.39. The van der Waals surface area contributed by atoms with Crippen molar-refractivity contribution in [1.29, 1.82) is 0 Å². The summed E-state index contributed by atoms with van der Waals surface area (Å²) in [6.07, 6.45) is 1.20. The van der Waals surface area contributed by atoms with E-state index in [-0.39, 0.29) is 38.2 Å². The number of halogens is 1. The number of hydrogen-bond donors (Lipinski definition) is 1. The first-order valence-corrected chi connectivity index (χ1v) is 12.4. The fourth-order valence-electron chi connectivity index (χ4n) is 3.44. The summed E-state index contributed by atoms with van der Waals surface area (Å²) in [4.78, 5) is 38.8. The fraction of sp³-hybridized carbons (Fsp3) is 0.0800. The lowest BCUT2D eigenvalue weighted by Crippen LogP contribution is -2.54. The maximum atomic E-state index is 13.1. The van der Waals surface area contributed by atoms with Crippen LogP contribution in [0.15, 0.2) is 77.2 Å². The van der Waals surface area contributed by atoms with Crippen molar-refractivity contribution in [2.45, 2.75) is 4.90 Å². The fourth-order valence-corrected chi connectivity index (χ4v) is 4.72. The van der Waals surface area contributed by atoms with Gasteiger partial charge in [0.05, 0.1) is 24.9 Å². The SMILES string of the molecule is COc1ccc(N2C(=O)NC(=O)/C(=C\c3cc(Cl)c(OS(=O)(=O)c4ccccc4)c(OC)c3)C2=O)cc1. The second-order valence-electron chi connectivity index (χ2n) is 7.54. The van der Waals surface area contributed by atoms with Gasteiger partial charge in [0.15, 0.2) is 5.75 Å². The molecular formula is C25H19ClN2O8S. The van der Waals surface area contributed by atoms with E-state index in [2.05, 4.69) is 5.32 Å². The molecule has 0 bridgehead atoms. The number of carbonyl (C=O) groups excluding carboxylic acids is 3. The van der Waals surface area contributed by atoms with Gasteiger partial charge in [-0.15, -0.1) is 0 Å². The first-order valence-electron chi connectivity index (χ1n) is 10.6. The largest absolute Gasteiger partial charge is 0.497 e. The molecular weight excluding hydrogens is 524 g/mol. The average Bonchev–Trinajstić information content (AvgIpc) is 2.88. The smallest absolute Gasteiger partial charge is 0.339 e. The summed E-state index contributed by atoms with van der Waals surface area (Å²) in [6, 6.07) is 15.3. The molecule has 4 amide bonds. The summed E-state index contributed by atoms with van der Waals surface area (Å²) < 4.78 is 40.9. The first-order chi connectivity index (χ1) is 17.6. The van der Waals surface area contributed by atoms with Crippen LogP contribution < -0.4 is 23.9 Å². The van der Waals surface area contributed by atoms with Crippen molar-refractivity contribution in [2.24, 2.45) is 0 Å². The number of nitrogens with one attached hydrogen (secondary N) is 1. The highest BCUT2D eigenvalue weighted by molar-refractivity contribution is 7.87. The molecule has 37 heavy (non-hydrogen) atoms. The zero-order valence-corrected chi connectivity index (χ0v) is 21.0. The van der Waals surface area contributed by atoms with E-state index in [0.29, 0.717) is 5.75 Å².